The fraction of sp³-hybridized carbons (Fsp3) is 0.438. The number of furan rings is 1. The van der Waals surface area contributed by atoms with Gasteiger partial charge in [-0.05, 0) is 25.6 Å². The molecular weight excluding hydrogens is 342 g/mol. The number of anilines is 1. The predicted molar refractivity (Wildman–Crippen MR) is 92.1 cm³/mol. The molecule has 8 nitrogen and oxygen atoms in total. The molecule has 9 heteroatoms. The number of likely N-dealkylation sites (tertiary alicyclic amines) is 1. The molecule has 3 atom stereocenters. The highest BCUT2D eigenvalue weighted by molar-refractivity contribution is 7.84. The van der Waals surface area contributed by atoms with Crippen LogP contribution in [0.1, 0.15) is 18.4 Å². The van der Waals surface area contributed by atoms with E-state index in [9.17, 15) is 14.6 Å². The van der Waals surface area contributed by atoms with Crippen molar-refractivity contribution in [3.8, 4) is 17.5 Å². The maximum atomic E-state index is 12.1. The van der Waals surface area contributed by atoms with Crippen molar-refractivity contribution in [1.82, 2.24) is 14.9 Å². The van der Waals surface area contributed by atoms with Crippen LogP contribution < -0.4 is 5.32 Å². The molecule has 25 heavy (non-hydrogen) atoms. The second kappa shape index (κ2) is 7.31. The zero-order valence-corrected chi connectivity index (χ0v) is 14.8. The lowest BCUT2D eigenvalue weighted by Crippen LogP contribution is -2.46. The molecule has 2 aromatic rings. The van der Waals surface area contributed by atoms with Crippen LogP contribution in [0.5, 0.6) is 0 Å². The molecule has 1 aliphatic rings. The van der Waals surface area contributed by atoms with Crippen molar-refractivity contribution in [2.75, 3.05) is 25.2 Å². The summed E-state index contributed by atoms with van der Waals surface area (Å²) in [6.45, 7) is 0.743. The molecule has 1 aliphatic heterocycles. The number of rotatable bonds is 4. The summed E-state index contributed by atoms with van der Waals surface area (Å²) in [7, 11) is 0.481. The number of aliphatic hydroxyl groups is 1. The van der Waals surface area contributed by atoms with Crippen LogP contribution in [0, 0.1) is 11.3 Å². The van der Waals surface area contributed by atoms with Gasteiger partial charge in [0.2, 0.25) is 5.95 Å². The number of nitrogens with one attached hydrogen (secondary N) is 1. The molecule has 0 saturated carbocycles. The molecule has 0 spiro atoms. The lowest BCUT2D eigenvalue weighted by molar-refractivity contribution is 0.0651. The van der Waals surface area contributed by atoms with E-state index in [1.165, 1.54) is 12.5 Å². The first-order chi connectivity index (χ1) is 12.0. The molecule has 3 rings (SSSR count). The first kappa shape index (κ1) is 17.5. The standard InChI is InChI=1S/C16H19N5O3S/c1-21-6-5-10(22)8-13(21)18-16-19-14(12-4-3-7-24-12)11(9-17)15(20-16)25(2)23/h3-4,7,10,13,22H,5-6,8H2,1-2H3,(H,18,19,20). The summed E-state index contributed by atoms with van der Waals surface area (Å²) >= 11 is 0. The SMILES string of the molecule is CN1CCC(O)CC1Nc1nc(-c2ccco2)c(C#N)c(S(C)=O)n1. The zero-order valence-electron chi connectivity index (χ0n) is 14.0. The van der Waals surface area contributed by atoms with Crippen LogP contribution in [-0.2, 0) is 10.8 Å². The van der Waals surface area contributed by atoms with Crippen LogP contribution in [0.15, 0.2) is 27.8 Å². The smallest absolute Gasteiger partial charge is 0.225 e. The molecule has 0 radical (unpaired) electrons. The van der Waals surface area contributed by atoms with Gasteiger partial charge in [0, 0.05) is 19.2 Å². The third-order valence-electron chi connectivity index (χ3n) is 4.15. The molecule has 0 bridgehead atoms. The predicted octanol–water partition coefficient (Wildman–Crippen LogP) is 1.17. The maximum Gasteiger partial charge on any atom is 0.225 e. The van der Waals surface area contributed by atoms with Crippen LogP contribution in [-0.4, -0.2) is 56.3 Å². The van der Waals surface area contributed by atoms with Crippen molar-refractivity contribution in [1.29, 1.82) is 5.26 Å². The topological polar surface area (TPSA) is 115 Å². The van der Waals surface area contributed by atoms with Crippen LogP contribution in [0.3, 0.4) is 0 Å². The van der Waals surface area contributed by atoms with Gasteiger partial charge in [-0.15, -0.1) is 0 Å². The number of hydrogen-bond donors (Lipinski definition) is 2. The molecule has 0 aromatic carbocycles. The van der Waals surface area contributed by atoms with Gasteiger partial charge >= 0.3 is 0 Å². The van der Waals surface area contributed by atoms with E-state index in [0.29, 0.717) is 24.3 Å². The van der Waals surface area contributed by atoms with Crippen LogP contribution in [0.4, 0.5) is 5.95 Å². The van der Waals surface area contributed by atoms with Crippen LogP contribution in [0.25, 0.3) is 11.5 Å². The van der Waals surface area contributed by atoms with Gasteiger partial charge in [0.25, 0.3) is 0 Å². The van der Waals surface area contributed by atoms with E-state index in [0.717, 1.165) is 6.54 Å². The van der Waals surface area contributed by atoms with Crippen molar-refractivity contribution >= 4 is 16.7 Å². The van der Waals surface area contributed by atoms with Gasteiger partial charge in [0.15, 0.2) is 10.8 Å². The third-order valence-corrected chi connectivity index (χ3v) is 4.99. The quantitative estimate of drug-likeness (QED) is 0.780. The number of aromatic nitrogens is 2. The molecule has 2 aromatic heterocycles. The fourth-order valence-corrected chi connectivity index (χ4v) is 3.43. The molecule has 2 N–H and O–H groups in total. The average Bonchev–Trinajstić information content (AvgIpc) is 3.11. The van der Waals surface area contributed by atoms with Gasteiger partial charge in [0.05, 0.1) is 29.3 Å². The summed E-state index contributed by atoms with van der Waals surface area (Å²) in [6.07, 6.45) is 3.65. The van der Waals surface area contributed by atoms with Crippen molar-refractivity contribution in [3.05, 3.63) is 24.0 Å². The Labute approximate surface area is 148 Å². The molecule has 0 amide bonds. The summed E-state index contributed by atoms with van der Waals surface area (Å²) < 4.78 is 17.4. The third kappa shape index (κ3) is 3.71. The fourth-order valence-electron chi connectivity index (χ4n) is 2.79. The normalized spacial score (nSPS) is 22.3. The monoisotopic (exact) mass is 361 g/mol. The first-order valence-corrected chi connectivity index (χ1v) is 9.39. The van der Waals surface area contributed by atoms with E-state index in [1.54, 1.807) is 12.1 Å². The van der Waals surface area contributed by atoms with Crippen molar-refractivity contribution < 1.29 is 13.7 Å². The van der Waals surface area contributed by atoms with E-state index >= 15 is 0 Å². The Morgan fingerprint density at radius 2 is 2.32 bits per heavy atom. The minimum absolute atomic E-state index is 0.137. The van der Waals surface area contributed by atoms with E-state index in [1.807, 2.05) is 13.1 Å². The summed E-state index contributed by atoms with van der Waals surface area (Å²) in [5.74, 6) is 0.660. The Hall–Kier alpha value is -2.28. The van der Waals surface area contributed by atoms with Gasteiger partial charge in [0.1, 0.15) is 17.3 Å². The molecule has 0 aliphatic carbocycles. The van der Waals surface area contributed by atoms with Crippen molar-refractivity contribution in [2.24, 2.45) is 0 Å². The molecule has 132 valence electrons. The zero-order chi connectivity index (χ0) is 18.0. The van der Waals surface area contributed by atoms with E-state index in [4.69, 9.17) is 4.42 Å². The van der Waals surface area contributed by atoms with E-state index in [2.05, 4.69) is 20.2 Å². The van der Waals surface area contributed by atoms with Gasteiger partial charge in [-0.2, -0.15) is 5.26 Å². The molecule has 3 heterocycles. The Bertz CT molecular complexity index is 818. The van der Waals surface area contributed by atoms with Crippen LogP contribution >= 0.6 is 0 Å². The lowest BCUT2D eigenvalue weighted by atomic mass is 10.1. The largest absolute Gasteiger partial charge is 0.463 e. The highest BCUT2D eigenvalue weighted by Gasteiger charge is 2.27. The first-order valence-electron chi connectivity index (χ1n) is 7.84. The Morgan fingerprint density at radius 3 is 2.96 bits per heavy atom. The van der Waals surface area contributed by atoms with Gasteiger partial charge in [-0.3, -0.25) is 9.11 Å². The van der Waals surface area contributed by atoms with Crippen molar-refractivity contribution in [2.45, 2.75) is 30.1 Å². The van der Waals surface area contributed by atoms with E-state index in [-0.39, 0.29) is 22.7 Å². The minimum Gasteiger partial charge on any atom is -0.463 e. The van der Waals surface area contributed by atoms with E-state index < -0.39 is 16.9 Å². The summed E-state index contributed by atoms with van der Waals surface area (Å²) in [5.41, 5.74) is 0.438. The van der Waals surface area contributed by atoms with Gasteiger partial charge < -0.3 is 14.8 Å². The van der Waals surface area contributed by atoms with Crippen molar-refractivity contribution in [3.63, 3.8) is 0 Å². The molecular formula is C16H19N5O3S. The molecule has 1 saturated heterocycles. The number of nitriles is 1. The Balaban J connectivity index is 2.02. The van der Waals surface area contributed by atoms with Crippen LogP contribution in [0.2, 0.25) is 0 Å². The summed E-state index contributed by atoms with van der Waals surface area (Å²) in [6, 6.07) is 5.40. The Morgan fingerprint density at radius 1 is 1.52 bits per heavy atom. The van der Waals surface area contributed by atoms with Gasteiger partial charge in [-0.25, -0.2) is 9.97 Å². The Kier molecular flexibility index (Phi) is 5.13. The maximum absolute atomic E-state index is 12.1. The van der Waals surface area contributed by atoms with Gasteiger partial charge in [-0.1, -0.05) is 0 Å². The minimum atomic E-state index is -1.46. The average molecular weight is 361 g/mol. The summed E-state index contributed by atoms with van der Waals surface area (Å²) in [4.78, 5) is 10.7. The number of piperidine rings is 1. The molecule has 3 unspecified atom stereocenters. The number of aliphatic hydroxyl groups excluding tert-OH is 1. The second-order valence-electron chi connectivity index (χ2n) is 5.94. The summed E-state index contributed by atoms with van der Waals surface area (Å²) in [5, 5.41) is 22.7. The molecule has 1 fully saturated rings. The number of hydrogen-bond acceptors (Lipinski definition) is 8. The highest BCUT2D eigenvalue weighted by Crippen LogP contribution is 2.27. The number of nitrogens with zero attached hydrogens (tertiary/aromatic N) is 4. The highest BCUT2D eigenvalue weighted by atomic mass is 32.2. The second-order valence-corrected chi connectivity index (χ2v) is 7.23. The lowest BCUT2D eigenvalue weighted by Gasteiger charge is -2.35.